The number of rotatable bonds is 2. The van der Waals surface area contributed by atoms with Gasteiger partial charge in [0.05, 0.1) is 11.5 Å². The number of nitrogens with one attached hydrogen (secondary N) is 1. The highest BCUT2D eigenvalue weighted by atomic mass is 16.5. The Morgan fingerprint density at radius 2 is 1.68 bits per heavy atom. The number of ether oxygens (including phenoxy) is 1. The zero-order valence-corrected chi connectivity index (χ0v) is 16.2. The van der Waals surface area contributed by atoms with Crippen LogP contribution in [0.15, 0.2) is 66.1 Å². The van der Waals surface area contributed by atoms with Crippen molar-refractivity contribution in [3.05, 3.63) is 82.9 Å². The van der Waals surface area contributed by atoms with Gasteiger partial charge < -0.3 is 10.5 Å². The molecule has 1 aromatic heterocycles. The van der Waals surface area contributed by atoms with E-state index in [0.717, 1.165) is 27.9 Å². The summed E-state index contributed by atoms with van der Waals surface area (Å²) in [4.78, 5) is 0. The number of benzene rings is 2. The Bertz CT molecular complexity index is 1080. The lowest BCUT2D eigenvalue weighted by atomic mass is 9.78. The van der Waals surface area contributed by atoms with Crippen molar-refractivity contribution in [3.8, 4) is 23.1 Å². The maximum Gasteiger partial charge on any atom is 0.244 e. The Kier molecular flexibility index (Phi) is 4.20. The number of fused-ring (bicyclic) bond motifs is 1. The molecule has 140 valence electrons. The van der Waals surface area contributed by atoms with Gasteiger partial charge in [0.1, 0.15) is 11.6 Å². The zero-order valence-electron chi connectivity index (χ0n) is 16.2. The lowest BCUT2D eigenvalue weighted by Crippen LogP contribution is -2.23. The third-order valence-electron chi connectivity index (χ3n) is 5.04. The first-order valence-electron chi connectivity index (χ1n) is 9.22. The summed E-state index contributed by atoms with van der Waals surface area (Å²) in [5.41, 5.74) is 11.4. The van der Waals surface area contributed by atoms with E-state index < -0.39 is 0 Å². The minimum atomic E-state index is -0.313. The van der Waals surface area contributed by atoms with Crippen LogP contribution in [0, 0.1) is 11.3 Å². The summed E-state index contributed by atoms with van der Waals surface area (Å²) >= 11 is 0. The summed E-state index contributed by atoms with van der Waals surface area (Å²) in [6.07, 6.45) is 0. The van der Waals surface area contributed by atoms with Crippen LogP contribution in [-0.2, 0) is 5.41 Å². The molecule has 1 atom stereocenters. The van der Waals surface area contributed by atoms with E-state index in [-0.39, 0.29) is 17.2 Å². The topological polar surface area (TPSA) is 87.7 Å². The van der Waals surface area contributed by atoms with Gasteiger partial charge in [-0.25, -0.2) is 0 Å². The number of aromatic nitrogens is 2. The van der Waals surface area contributed by atoms with Crippen LogP contribution in [0.5, 0.6) is 5.88 Å². The zero-order chi connectivity index (χ0) is 19.9. The predicted molar refractivity (Wildman–Crippen MR) is 108 cm³/mol. The van der Waals surface area contributed by atoms with Gasteiger partial charge in [-0.05, 0) is 16.7 Å². The third-order valence-corrected chi connectivity index (χ3v) is 5.04. The molecule has 3 N–H and O–H groups in total. The van der Waals surface area contributed by atoms with Crippen LogP contribution in [0.1, 0.15) is 43.5 Å². The van der Waals surface area contributed by atoms with Gasteiger partial charge >= 0.3 is 0 Å². The van der Waals surface area contributed by atoms with E-state index >= 15 is 0 Å². The Morgan fingerprint density at radius 3 is 2.29 bits per heavy atom. The lowest BCUT2D eigenvalue weighted by molar-refractivity contribution is 0.378. The highest BCUT2D eigenvalue weighted by Crippen LogP contribution is 2.45. The molecular weight excluding hydrogens is 348 g/mol. The summed E-state index contributed by atoms with van der Waals surface area (Å²) in [5.74, 6) is 0.240. The Balaban J connectivity index is 1.84. The number of nitriles is 1. The number of hydrogen-bond donors (Lipinski definition) is 2. The highest BCUT2D eigenvalue weighted by molar-refractivity contribution is 5.65. The lowest BCUT2D eigenvalue weighted by Gasteiger charge is -2.27. The molecule has 1 aliphatic rings. The summed E-state index contributed by atoms with van der Waals surface area (Å²) in [6, 6.07) is 20.7. The smallest absolute Gasteiger partial charge is 0.244 e. The molecule has 5 nitrogen and oxygen atoms in total. The third kappa shape index (κ3) is 2.93. The molecule has 0 saturated carbocycles. The number of H-pyrrole nitrogens is 1. The van der Waals surface area contributed by atoms with Crippen molar-refractivity contribution in [2.45, 2.75) is 32.1 Å². The fourth-order valence-corrected chi connectivity index (χ4v) is 3.65. The van der Waals surface area contributed by atoms with Crippen molar-refractivity contribution in [2.24, 2.45) is 5.73 Å². The molecule has 1 aliphatic heterocycles. The quantitative estimate of drug-likeness (QED) is 0.690. The first-order chi connectivity index (χ1) is 13.4. The van der Waals surface area contributed by atoms with Gasteiger partial charge in [0.15, 0.2) is 0 Å². The van der Waals surface area contributed by atoms with Crippen LogP contribution < -0.4 is 10.5 Å². The molecule has 0 radical (unpaired) electrons. The van der Waals surface area contributed by atoms with Gasteiger partial charge in [-0.3, -0.25) is 5.10 Å². The minimum Gasteiger partial charge on any atom is -0.420 e. The molecule has 0 bridgehead atoms. The van der Waals surface area contributed by atoms with Crippen molar-refractivity contribution < 1.29 is 4.74 Å². The molecule has 2 aromatic carbocycles. The molecule has 3 aromatic rings. The van der Waals surface area contributed by atoms with Crippen LogP contribution >= 0.6 is 0 Å². The van der Waals surface area contributed by atoms with Gasteiger partial charge in [-0.15, -0.1) is 5.10 Å². The van der Waals surface area contributed by atoms with Crippen LogP contribution in [-0.4, -0.2) is 10.2 Å². The Labute approximate surface area is 164 Å². The molecule has 0 aliphatic carbocycles. The summed E-state index contributed by atoms with van der Waals surface area (Å²) in [5, 5.41) is 17.2. The second kappa shape index (κ2) is 6.58. The van der Waals surface area contributed by atoms with E-state index in [1.165, 1.54) is 0 Å². The van der Waals surface area contributed by atoms with Crippen LogP contribution in [0.2, 0.25) is 0 Å². The molecule has 4 rings (SSSR count). The molecule has 0 spiro atoms. The first kappa shape index (κ1) is 17.9. The number of aromatic amines is 1. The van der Waals surface area contributed by atoms with Gasteiger partial charge in [0.2, 0.25) is 11.8 Å². The van der Waals surface area contributed by atoms with Crippen molar-refractivity contribution >= 4 is 0 Å². The normalized spacial score (nSPS) is 16.3. The summed E-state index contributed by atoms with van der Waals surface area (Å²) in [6.45, 7) is 6.30. The average molecular weight is 370 g/mol. The molecule has 5 heteroatoms. The molecule has 28 heavy (non-hydrogen) atoms. The largest absolute Gasteiger partial charge is 0.420 e. The fourth-order valence-electron chi connectivity index (χ4n) is 3.65. The highest BCUT2D eigenvalue weighted by Gasteiger charge is 2.37. The Hall–Kier alpha value is -3.52. The van der Waals surface area contributed by atoms with E-state index in [0.29, 0.717) is 11.5 Å². The molecular formula is C23H22N4O. The van der Waals surface area contributed by atoms with E-state index in [4.69, 9.17) is 10.5 Å². The molecule has 0 fully saturated rings. The molecule has 0 amide bonds. The standard InChI is InChI=1S/C23H22N4O/c1-23(2,3)20-19-18(17(13-24)21(25)28-22(19)27-26-20)16-11-9-15(10-12-16)14-7-5-4-6-8-14/h4-12,18H,25H2,1-3H3,(H,26,27). The molecule has 0 saturated heterocycles. The van der Waals surface area contributed by atoms with Crippen molar-refractivity contribution in [2.75, 3.05) is 0 Å². The van der Waals surface area contributed by atoms with Crippen molar-refractivity contribution in [1.29, 1.82) is 5.26 Å². The maximum atomic E-state index is 9.78. The number of nitrogens with zero attached hydrogens (tertiary/aromatic N) is 2. The number of hydrogen-bond acceptors (Lipinski definition) is 4. The molecule has 1 unspecified atom stereocenters. The SMILES string of the molecule is CC(C)(C)c1[nH]nc2c1C(c1ccc(-c3ccccc3)cc1)C(C#N)=C(N)O2. The minimum absolute atomic E-state index is 0.110. The van der Waals surface area contributed by atoms with Crippen LogP contribution in [0.3, 0.4) is 0 Å². The number of allylic oxidation sites excluding steroid dienone is 1. The van der Waals surface area contributed by atoms with E-state index in [1.807, 2.05) is 30.3 Å². The fraction of sp³-hybridized carbons (Fsp3) is 0.217. The average Bonchev–Trinajstić information content (AvgIpc) is 3.11. The van der Waals surface area contributed by atoms with Crippen molar-refractivity contribution in [1.82, 2.24) is 10.2 Å². The van der Waals surface area contributed by atoms with Gasteiger partial charge in [-0.1, -0.05) is 75.4 Å². The monoisotopic (exact) mass is 370 g/mol. The van der Waals surface area contributed by atoms with Crippen LogP contribution in [0.4, 0.5) is 0 Å². The Morgan fingerprint density at radius 1 is 1.04 bits per heavy atom. The first-order valence-corrected chi connectivity index (χ1v) is 9.22. The van der Waals surface area contributed by atoms with Gasteiger partial charge in [-0.2, -0.15) is 5.26 Å². The van der Waals surface area contributed by atoms with Gasteiger partial charge in [0, 0.05) is 11.1 Å². The maximum absolute atomic E-state index is 9.78. The second-order valence-electron chi connectivity index (χ2n) is 7.98. The van der Waals surface area contributed by atoms with E-state index in [1.54, 1.807) is 0 Å². The van der Waals surface area contributed by atoms with E-state index in [9.17, 15) is 5.26 Å². The summed E-state index contributed by atoms with van der Waals surface area (Å²) < 4.78 is 5.65. The summed E-state index contributed by atoms with van der Waals surface area (Å²) in [7, 11) is 0. The van der Waals surface area contributed by atoms with E-state index in [2.05, 4.69) is 61.3 Å². The predicted octanol–water partition coefficient (Wildman–Crippen LogP) is 4.59. The van der Waals surface area contributed by atoms with Crippen LogP contribution in [0.25, 0.3) is 11.1 Å². The second-order valence-corrected chi connectivity index (χ2v) is 7.98. The number of nitrogens with two attached hydrogens (primary N) is 1. The molecule has 2 heterocycles. The van der Waals surface area contributed by atoms with Gasteiger partial charge in [0.25, 0.3) is 0 Å². The van der Waals surface area contributed by atoms with Crippen molar-refractivity contribution in [3.63, 3.8) is 0 Å².